The van der Waals surface area contributed by atoms with E-state index in [1.165, 1.54) is 24.8 Å². The number of hydrogen-bond donors (Lipinski definition) is 1. The van der Waals surface area contributed by atoms with Crippen molar-refractivity contribution < 1.29 is 0 Å². The standard InChI is InChI=1S/C14H21ClN2/c1-11(16)14-7-2-3-8-17(14)10-12-5-4-6-13(15)9-12/h4-6,9,11,14H,2-3,7-8,10,16H2,1H3. The van der Waals surface area contributed by atoms with Crippen molar-refractivity contribution in [3.8, 4) is 0 Å². The van der Waals surface area contributed by atoms with E-state index in [1.807, 2.05) is 12.1 Å². The van der Waals surface area contributed by atoms with Crippen LogP contribution in [-0.4, -0.2) is 23.5 Å². The van der Waals surface area contributed by atoms with E-state index in [1.54, 1.807) is 0 Å². The van der Waals surface area contributed by atoms with Gasteiger partial charge < -0.3 is 5.73 Å². The summed E-state index contributed by atoms with van der Waals surface area (Å²) in [6, 6.07) is 8.89. The van der Waals surface area contributed by atoms with Crippen molar-refractivity contribution in [2.24, 2.45) is 5.73 Å². The SMILES string of the molecule is CC(N)C1CCCCN1Cc1cccc(Cl)c1. The summed E-state index contributed by atoms with van der Waals surface area (Å²) in [7, 11) is 0. The first-order valence-electron chi connectivity index (χ1n) is 6.41. The van der Waals surface area contributed by atoms with Gasteiger partial charge in [-0.1, -0.05) is 30.2 Å². The van der Waals surface area contributed by atoms with E-state index in [0.717, 1.165) is 18.1 Å². The molecule has 0 spiro atoms. The minimum Gasteiger partial charge on any atom is -0.327 e. The van der Waals surface area contributed by atoms with Gasteiger partial charge in [0.2, 0.25) is 0 Å². The Bertz CT molecular complexity index is 365. The Morgan fingerprint density at radius 3 is 3.00 bits per heavy atom. The fraction of sp³-hybridized carbons (Fsp3) is 0.571. The molecule has 3 heteroatoms. The molecule has 1 aromatic carbocycles. The van der Waals surface area contributed by atoms with E-state index in [0.29, 0.717) is 6.04 Å². The molecule has 2 atom stereocenters. The molecule has 1 aliphatic rings. The molecule has 2 nitrogen and oxygen atoms in total. The Balaban J connectivity index is 2.05. The zero-order valence-corrected chi connectivity index (χ0v) is 11.2. The highest BCUT2D eigenvalue weighted by Crippen LogP contribution is 2.22. The zero-order valence-electron chi connectivity index (χ0n) is 10.4. The maximum atomic E-state index is 6.07. The summed E-state index contributed by atoms with van der Waals surface area (Å²) in [6.07, 6.45) is 3.81. The molecule has 1 aliphatic heterocycles. The third kappa shape index (κ3) is 3.44. The fourth-order valence-corrected chi connectivity index (χ4v) is 2.89. The van der Waals surface area contributed by atoms with Gasteiger partial charge in [0.05, 0.1) is 0 Å². The summed E-state index contributed by atoms with van der Waals surface area (Å²) >= 11 is 6.02. The molecule has 1 fully saturated rings. The largest absolute Gasteiger partial charge is 0.327 e. The van der Waals surface area contributed by atoms with E-state index in [-0.39, 0.29) is 6.04 Å². The molecule has 2 unspecified atom stereocenters. The highest BCUT2D eigenvalue weighted by molar-refractivity contribution is 6.30. The lowest BCUT2D eigenvalue weighted by Crippen LogP contribution is -2.48. The van der Waals surface area contributed by atoms with Crippen LogP contribution in [0.5, 0.6) is 0 Å². The van der Waals surface area contributed by atoms with Crippen LogP contribution in [0, 0.1) is 0 Å². The van der Waals surface area contributed by atoms with Crippen LogP contribution in [-0.2, 0) is 6.54 Å². The highest BCUT2D eigenvalue weighted by Gasteiger charge is 2.25. The molecule has 0 saturated carbocycles. The van der Waals surface area contributed by atoms with Gasteiger partial charge in [-0.2, -0.15) is 0 Å². The summed E-state index contributed by atoms with van der Waals surface area (Å²) in [5.41, 5.74) is 7.36. The normalized spacial score (nSPS) is 23.6. The molecule has 2 rings (SSSR count). The van der Waals surface area contributed by atoms with E-state index in [9.17, 15) is 0 Å². The van der Waals surface area contributed by atoms with Crippen LogP contribution in [0.1, 0.15) is 31.7 Å². The lowest BCUT2D eigenvalue weighted by molar-refractivity contribution is 0.123. The third-order valence-corrected chi connectivity index (χ3v) is 3.78. The van der Waals surface area contributed by atoms with Crippen molar-refractivity contribution in [3.05, 3.63) is 34.9 Å². The Morgan fingerprint density at radius 2 is 2.29 bits per heavy atom. The van der Waals surface area contributed by atoms with E-state index >= 15 is 0 Å². The minimum absolute atomic E-state index is 0.245. The summed E-state index contributed by atoms with van der Waals surface area (Å²) in [5.74, 6) is 0. The van der Waals surface area contributed by atoms with Gasteiger partial charge in [-0.05, 0) is 44.0 Å². The van der Waals surface area contributed by atoms with Crippen molar-refractivity contribution >= 4 is 11.6 Å². The van der Waals surface area contributed by atoms with Crippen LogP contribution in [0.15, 0.2) is 24.3 Å². The average molecular weight is 253 g/mol. The number of nitrogens with two attached hydrogens (primary N) is 1. The van der Waals surface area contributed by atoms with Gasteiger partial charge in [0.15, 0.2) is 0 Å². The highest BCUT2D eigenvalue weighted by atomic mass is 35.5. The molecule has 17 heavy (non-hydrogen) atoms. The maximum absolute atomic E-state index is 6.07. The number of piperidine rings is 1. The van der Waals surface area contributed by atoms with Crippen LogP contribution in [0.4, 0.5) is 0 Å². The van der Waals surface area contributed by atoms with Crippen molar-refractivity contribution in [3.63, 3.8) is 0 Å². The Morgan fingerprint density at radius 1 is 1.47 bits per heavy atom. The minimum atomic E-state index is 0.245. The van der Waals surface area contributed by atoms with Gasteiger partial charge in [0.1, 0.15) is 0 Å². The molecule has 1 saturated heterocycles. The van der Waals surface area contributed by atoms with E-state index < -0.39 is 0 Å². The van der Waals surface area contributed by atoms with Gasteiger partial charge >= 0.3 is 0 Å². The molecule has 0 bridgehead atoms. The lowest BCUT2D eigenvalue weighted by atomic mass is 9.96. The van der Waals surface area contributed by atoms with E-state index in [4.69, 9.17) is 17.3 Å². The van der Waals surface area contributed by atoms with Crippen molar-refractivity contribution in [1.29, 1.82) is 0 Å². The third-order valence-electron chi connectivity index (χ3n) is 3.55. The van der Waals surface area contributed by atoms with Crippen LogP contribution in [0.2, 0.25) is 5.02 Å². The maximum Gasteiger partial charge on any atom is 0.0409 e. The number of likely N-dealkylation sites (tertiary alicyclic amines) is 1. The Kier molecular flexibility index (Phi) is 4.43. The predicted molar refractivity (Wildman–Crippen MR) is 73.2 cm³/mol. The van der Waals surface area contributed by atoms with Gasteiger partial charge in [-0.25, -0.2) is 0 Å². The monoisotopic (exact) mass is 252 g/mol. The van der Waals surface area contributed by atoms with E-state index in [2.05, 4.69) is 24.0 Å². The molecule has 94 valence electrons. The van der Waals surface area contributed by atoms with Gasteiger partial charge in [-0.15, -0.1) is 0 Å². The van der Waals surface area contributed by atoms with Gasteiger partial charge in [0.25, 0.3) is 0 Å². The summed E-state index contributed by atoms with van der Waals surface area (Å²) in [4.78, 5) is 2.50. The number of benzene rings is 1. The average Bonchev–Trinajstić information content (AvgIpc) is 2.29. The van der Waals surface area contributed by atoms with Crippen molar-refractivity contribution in [2.75, 3.05) is 6.54 Å². The van der Waals surface area contributed by atoms with Crippen LogP contribution < -0.4 is 5.73 Å². The summed E-state index contributed by atoms with van der Waals surface area (Å²) in [5, 5.41) is 0.817. The molecular weight excluding hydrogens is 232 g/mol. The predicted octanol–water partition coefficient (Wildman–Crippen LogP) is 3.04. The topological polar surface area (TPSA) is 29.3 Å². The lowest BCUT2D eigenvalue weighted by Gasteiger charge is -2.38. The molecular formula is C14H21ClN2. The first-order chi connectivity index (χ1) is 8.16. The molecule has 0 aliphatic carbocycles. The summed E-state index contributed by atoms with van der Waals surface area (Å²) in [6.45, 7) is 4.23. The van der Waals surface area contributed by atoms with Crippen molar-refractivity contribution in [1.82, 2.24) is 4.90 Å². The molecule has 1 aromatic rings. The number of nitrogens with zero attached hydrogens (tertiary/aromatic N) is 1. The van der Waals surface area contributed by atoms with Crippen molar-refractivity contribution in [2.45, 2.75) is 44.8 Å². The number of hydrogen-bond acceptors (Lipinski definition) is 2. The molecule has 0 amide bonds. The molecule has 1 heterocycles. The Hall–Kier alpha value is -0.570. The molecule has 0 radical (unpaired) electrons. The quantitative estimate of drug-likeness (QED) is 0.896. The first kappa shape index (κ1) is 12.9. The summed E-state index contributed by atoms with van der Waals surface area (Å²) < 4.78 is 0. The van der Waals surface area contributed by atoms with Crippen LogP contribution in [0.25, 0.3) is 0 Å². The number of halogens is 1. The first-order valence-corrected chi connectivity index (χ1v) is 6.78. The zero-order chi connectivity index (χ0) is 12.3. The Labute approximate surface area is 109 Å². The van der Waals surface area contributed by atoms with Gasteiger partial charge in [-0.3, -0.25) is 4.90 Å². The van der Waals surface area contributed by atoms with Crippen LogP contribution >= 0.6 is 11.6 Å². The number of rotatable bonds is 3. The second-order valence-corrected chi connectivity index (χ2v) is 5.46. The molecule has 2 N–H and O–H groups in total. The molecule has 0 aromatic heterocycles. The fourth-order valence-electron chi connectivity index (χ4n) is 2.68. The second kappa shape index (κ2) is 5.85. The van der Waals surface area contributed by atoms with Gasteiger partial charge in [0, 0.05) is 23.7 Å². The smallest absolute Gasteiger partial charge is 0.0409 e. The second-order valence-electron chi connectivity index (χ2n) is 5.02. The van der Waals surface area contributed by atoms with Crippen LogP contribution in [0.3, 0.4) is 0 Å².